The highest BCUT2D eigenvalue weighted by Crippen LogP contribution is 1.97. The van der Waals surface area contributed by atoms with Crippen molar-refractivity contribution < 1.29 is 24.1 Å². The van der Waals surface area contributed by atoms with Crippen LogP contribution in [0.3, 0.4) is 0 Å². The maximum Gasteiger partial charge on any atom is 0.180 e. The molecule has 0 bridgehead atoms. The van der Waals surface area contributed by atoms with E-state index in [2.05, 4.69) is 0 Å². The van der Waals surface area contributed by atoms with Crippen LogP contribution in [0.25, 0.3) is 0 Å². The summed E-state index contributed by atoms with van der Waals surface area (Å²) in [5.74, 6) is 0. The molecule has 1 unspecified atom stereocenters. The molecule has 0 aromatic rings. The average molecular weight is 222 g/mol. The lowest BCUT2D eigenvalue weighted by atomic mass is 10.6. The van der Waals surface area contributed by atoms with Gasteiger partial charge in [0.1, 0.15) is 0 Å². The van der Waals surface area contributed by atoms with Crippen LogP contribution in [0.5, 0.6) is 0 Å². The molecule has 1 N–H and O–H groups in total. The minimum Gasteiger partial charge on any atom is -0.371 e. The molecule has 5 heteroatoms. The van der Waals surface area contributed by atoms with E-state index in [0.29, 0.717) is 26.4 Å². The summed E-state index contributed by atoms with van der Waals surface area (Å²) < 4.78 is 20.6. The van der Waals surface area contributed by atoms with Gasteiger partial charge < -0.3 is 24.1 Å². The van der Waals surface area contributed by atoms with E-state index in [1.807, 2.05) is 20.8 Å². The largest absolute Gasteiger partial charge is 0.371 e. The zero-order valence-corrected chi connectivity index (χ0v) is 9.77. The van der Waals surface area contributed by atoms with Gasteiger partial charge in [-0.05, 0) is 20.8 Å². The topological polar surface area (TPSA) is 57.2 Å². The molecule has 0 fully saturated rings. The summed E-state index contributed by atoms with van der Waals surface area (Å²) in [5, 5.41) is 9.19. The first kappa shape index (κ1) is 14.8. The SMILES string of the molecule is CCOC(O)COCC(OCC)OCC. The number of aliphatic hydroxyl groups is 1. The molecule has 1 atom stereocenters. The lowest BCUT2D eigenvalue weighted by Gasteiger charge is -2.18. The average Bonchev–Trinajstić information content (AvgIpc) is 2.19. The fraction of sp³-hybridized carbons (Fsp3) is 1.00. The van der Waals surface area contributed by atoms with Crippen LogP contribution in [0.4, 0.5) is 0 Å². The lowest BCUT2D eigenvalue weighted by molar-refractivity contribution is -0.190. The Morgan fingerprint density at radius 2 is 1.40 bits per heavy atom. The van der Waals surface area contributed by atoms with Gasteiger partial charge in [0.25, 0.3) is 0 Å². The number of hydrogen-bond acceptors (Lipinski definition) is 5. The van der Waals surface area contributed by atoms with E-state index in [1.165, 1.54) is 0 Å². The van der Waals surface area contributed by atoms with Crippen LogP contribution in [0.2, 0.25) is 0 Å². The fourth-order valence-corrected chi connectivity index (χ4v) is 1.02. The van der Waals surface area contributed by atoms with Crippen LogP contribution < -0.4 is 0 Å². The Bertz CT molecular complexity index is 125. The first-order valence-corrected chi connectivity index (χ1v) is 5.35. The van der Waals surface area contributed by atoms with E-state index >= 15 is 0 Å². The predicted octanol–water partition coefficient (Wildman–Crippen LogP) is 0.757. The van der Waals surface area contributed by atoms with Gasteiger partial charge in [-0.25, -0.2) is 0 Å². The highest BCUT2D eigenvalue weighted by atomic mass is 16.7. The van der Waals surface area contributed by atoms with Crippen molar-refractivity contribution in [3.05, 3.63) is 0 Å². The third-order valence-corrected chi connectivity index (χ3v) is 1.58. The highest BCUT2D eigenvalue weighted by Gasteiger charge is 2.09. The fourth-order valence-electron chi connectivity index (χ4n) is 1.02. The van der Waals surface area contributed by atoms with Crippen molar-refractivity contribution in [1.29, 1.82) is 0 Å². The molecule has 0 amide bonds. The normalized spacial score (nSPS) is 13.4. The van der Waals surface area contributed by atoms with Gasteiger partial charge in [-0.15, -0.1) is 0 Å². The van der Waals surface area contributed by atoms with Gasteiger partial charge in [-0.1, -0.05) is 0 Å². The van der Waals surface area contributed by atoms with Crippen LogP contribution in [-0.4, -0.2) is 50.7 Å². The highest BCUT2D eigenvalue weighted by molar-refractivity contribution is 4.43. The molecule has 15 heavy (non-hydrogen) atoms. The first-order chi connectivity index (χ1) is 7.24. The zero-order valence-electron chi connectivity index (χ0n) is 9.77. The van der Waals surface area contributed by atoms with Crippen molar-refractivity contribution in [3.8, 4) is 0 Å². The second-order valence-electron chi connectivity index (χ2n) is 2.79. The molecule has 0 saturated carbocycles. The van der Waals surface area contributed by atoms with Gasteiger partial charge in [0.2, 0.25) is 0 Å². The molecule has 0 aromatic carbocycles. The Kier molecular flexibility index (Phi) is 10.2. The van der Waals surface area contributed by atoms with Gasteiger partial charge in [-0.3, -0.25) is 0 Å². The summed E-state index contributed by atoms with van der Waals surface area (Å²) in [5.41, 5.74) is 0. The summed E-state index contributed by atoms with van der Waals surface area (Å²) in [7, 11) is 0. The van der Waals surface area contributed by atoms with Crippen LogP contribution in [0, 0.1) is 0 Å². The molecule has 0 aliphatic rings. The summed E-state index contributed by atoms with van der Waals surface area (Å²) >= 11 is 0. The Hall–Kier alpha value is -0.200. The van der Waals surface area contributed by atoms with Crippen molar-refractivity contribution in [2.45, 2.75) is 33.4 Å². The summed E-state index contributed by atoms with van der Waals surface area (Å²) in [6, 6.07) is 0. The maximum atomic E-state index is 9.19. The molecule has 0 aromatic heterocycles. The third-order valence-electron chi connectivity index (χ3n) is 1.58. The smallest absolute Gasteiger partial charge is 0.180 e. The van der Waals surface area contributed by atoms with E-state index in [-0.39, 0.29) is 12.9 Å². The van der Waals surface area contributed by atoms with Crippen LogP contribution >= 0.6 is 0 Å². The van der Waals surface area contributed by atoms with Gasteiger partial charge in [-0.2, -0.15) is 0 Å². The zero-order chi connectivity index (χ0) is 11.5. The van der Waals surface area contributed by atoms with Gasteiger partial charge in [0.05, 0.1) is 13.2 Å². The summed E-state index contributed by atoms with van der Waals surface area (Å²) in [6.45, 7) is 7.62. The first-order valence-electron chi connectivity index (χ1n) is 5.35. The Labute approximate surface area is 91.3 Å². The van der Waals surface area contributed by atoms with Crippen molar-refractivity contribution in [3.63, 3.8) is 0 Å². The molecular formula is C10H22O5. The second kappa shape index (κ2) is 10.3. The maximum absolute atomic E-state index is 9.19. The summed E-state index contributed by atoms with van der Waals surface area (Å²) in [6.07, 6.45) is -1.24. The molecule has 92 valence electrons. The van der Waals surface area contributed by atoms with Crippen LogP contribution in [0.15, 0.2) is 0 Å². The Morgan fingerprint density at radius 3 is 1.87 bits per heavy atom. The second-order valence-corrected chi connectivity index (χ2v) is 2.79. The van der Waals surface area contributed by atoms with Crippen molar-refractivity contribution in [2.24, 2.45) is 0 Å². The van der Waals surface area contributed by atoms with Crippen molar-refractivity contribution in [2.75, 3.05) is 33.0 Å². The van der Waals surface area contributed by atoms with Crippen molar-refractivity contribution in [1.82, 2.24) is 0 Å². The van der Waals surface area contributed by atoms with Crippen molar-refractivity contribution >= 4 is 0 Å². The quantitative estimate of drug-likeness (QED) is 0.553. The minimum atomic E-state index is -0.876. The van der Waals surface area contributed by atoms with Gasteiger partial charge in [0, 0.05) is 19.8 Å². The van der Waals surface area contributed by atoms with E-state index in [0.717, 1.165) is 0 Å². The van der Waals surface area contributed by atoms with Crippen LogP contribution in [0.1, 0.15) is 20.8 Å². The predicted molar refractivity (Wildman–Crippen MR) is 55.5 cm³/mol. The van der Waals surface area contributed by atoms with E-state index in [9.17, 15) is 5.11 Å². The van der Waals surface area contributed by atoms with Crippen LogP contribution in [-0.2, 0) is 18.9 Å². The molecule has 5 nitrogen and oxygen atoms in total. The monoisotopic (exact) mass is 222 g/mol. The van der Waals surface area contributed by atoms with E-state index < -0.39 is 6.29 Å². The number of aliphatic hydroxyl groups excluding tert-OH is 1. The van der Waals surface area contributed by atoms with Gasteiger partial charge >= 0.3 is 0 Å². The molecular weight excluding hydrogens is 200 g/mol. The third kappa shape index (κ3) is 8.77. The molecule has 0 heterocycles. The number of ether oxygens (including phenoxy) is 4. The summed E-state index contributed by atoms with van der Waals surface area (Å²) in [4.78, 5) is 0. The Morgan fingerprint density at radius 1 is 0.867 bits per heavy atom. The molecule has 0 saturated heterocycles. The molecule has 0 rings (SSSR count). The molecule has 0 radical (unpaired) electrons. The minimum absolute atomic E-state index is 0.129. The lowest BCUT2D eigenvalue weighted by Crippen LogP contribution is -2.27. The molecule has 0 aliphatic carbocycles. The standard InChI is InChI=1S/C10H22O5/c1-4-13-9(11)7-12-8-10(14-5-2)15-6-3/h9-11H,4-8H2,1-3H3. The number of hydrogen-bond donors (Lipinski definition) is 1. The van der Waals surface area contributed by atoms with Gasteiger partial charge in [0.15, 0.2) is 12.6 Å². The molecule has 0 spiro atoms. The van der Waals surface area contributed by atoms with E-state index in [1.54, 1.807) is 0 Å². The Balaban J connectivity index is 3.51. The van der Waals surface area contributed by atoms with E-state index in [4.69, 9.17) is 18.9 Å². The number of rotatable bonds is 10. The molecule has 0 aliphatic heterocycles.